The van der Waals surface area contributed by atoms with E-state index in [-0.39, 0.29) is 18.0 Å². The van der Waals surface area contributed by atoms with Crippen LogP contribution in [0.3, 0.4) is 0 Å². The maximum absolute atomic E-state index is 12.6. The van der Waals surface area contributed by atoms with Crippen molar-refractivity contribution in [1.29, 1.82) is 0 Å². The van der Waals surface area contributed by atoms with E-state index in [1.54, 1.807) is 39.0 Å². The molecule has 0 spiro atoms. The van der Waals surface area contributed by atoms with Gasteiger partial charge < -0.3 is 29.5 Å². The van der Waals surface area contributed by atoms with Crippen LogP contribution in [0.1, 0.15) is 31.1 Å². The Bertz CT molecular complexity index is 778. The van der Waals surface area contributed by atoms with Crippen molar-refractivity contribution in [1.82, 2.24) is 14.7 Å². The molecule has 0 radical (unpaired) electrons. The molecule has 0 atom stereocenters. The summed E-state index contributed by atoms with van der Waals surface area (Å²) < 4.78 is 10.7. The van der Waals surface area contributed by atoms with E-state index in [0.29, 0.717) is 63.7 Å². The van der Waals surface area contributed by atoms with Crippen molar-refractivity contribution in [3.63, 3.8) is 0 Å². The molecule has 1 aromatic rings. The number of urea groups is 1. The van der Waals surface area contributed by atoms with Gasteiger partial charge in [-0.15, -0.1) is 0 Å². The fourth-order valence-electron chi connectivity index (χ4n) is 3.30. The number of carbonyl (C=O) groups is 3. The molecule has 2 fully saturated rings. The molecule has 0 bridgehead atoms. The SMILES string of the molecule is CC(C)(C)OC(=O)N1CCN(C(=O)Nc2cccc(C(=O)N3CCOCC3)c2)CC1. The molecule has 1 aromatic carbocycles. The Kier molecular flexibility index (Phi) is 6.81. The average molecular weight is 418 g/mol. The van der Waals surface area contributed by atoms with E-state index in [0.717, 1.165) is 0 Å². The van der Waals surface area contributed by atoms with Crippen LogP contribution in [0.25, 0.3) is 0 Å². The van der Waals surface area contributed by atoms with Crippen molar-refractivity contribution in [3.8, 4) is 0 Å². The Morgan fingerprint density at radius 2 is 1.57 bits per heavy atom. The molecule has 0 aromatic heterocycles. The Morgan fingerprint density at radius 3 is 2.20 bits per heavy atom. The summed E-state index contributed by atoms with van der Waals surface area (Å²) in [5, 5.41) is 2.85. The fourth-order valence-corrected chi connectivity index (χ4v) is 3.30. The largest absolute Gasteiger partial charge is 0.444 e. The number of amides is 4. The van der Waals surface area contributed by atoms with Gasteiger partial charge in [0.25, 0.3) is 5.91 Å². The van der Waals surface area contributed by atoms with Crippen LogP contribution in [-0.4, -0.2) is 90.8 Å². The number of carbonyl (C=O) groups excluding carboxylic acids is 3. The van der Waals surface area contributed by atoms with Gasteiger partial charge in [-0.1, -0.05) is 6.07 Å². The van der Waals surface area contributed by atoms with Gasteiger partial charge in [-0.3, -0.25) is 4.79 Å². The molecule has 30 heavy (non-hydrogen) atoms. The van der Waals surface area contributed by atoms with Crippen molar-refractivity contribution in [2.75, 3.05) is 57.8 Å². The average Bonchev–Trinajstić information content (AvgIpc) is 2.73. The van der Waals surface area contributed by atoms with E-state index in [4.69, 9.17) is 9.47 Å². The number of benzene rings is 1. The fraction of sp³-hybridized carbons (Fsp3) is 0.571. The number of ether oxygens (including phenoxy) is 2. The summed E-state index contributed by atoms with van der Waals surface area (Å²) >= 11 is 0. The van der Waals surface area contributed by atoms with Crippen molar-refractivity contribution in [2.45, 2.75) is 26.4 Å². The van der Waals surface area contributed by atoms with Gasteiger partial charge in [0, 0.05) is 50.5 Å². The van der Waals surface area contributed by atoms with Gasteiger partial charge >= 0.3 is 12.1 Å². The van der Waals surface area contributed by atoms with Gasteiger partial charge in [0.1, 0.15) is 5.60 Å². The molecule has 2 aliphatic rings. The summed E-state index contributed by atoms with van der Waals surface area (Å²) in [5.41, 5.74) is 0.549. The maximum Gasteiger partial charge on any atom is 0.410 e. The monoisotopic (exact) mass is 418 g/mol. The maximum atomic E-state index is 12.6. The second-order valence-electron chi connectivity index (χ2n) is 8.37. The van der Waals surface area contributed by atoms with Crippen LogP contribution in [0.5, 0.6) is 0 Å². The number of morpholine rings is 1. The highest BCUT2D eigenvalue weighted by Crippen LogP contribution is 2.16. The smallest absolute Gasteiger partial charge is 0.410 e. The second-order valence-corrected chi connectivity index (χ2v) is 8.37. The number of nitrogens with zero attached hydrogens (tertiary/aromatic N) is 3. The van der Waals surface area contributed by atoms with Crippen LogP contribution in [0.15, 0.2) is 24.3 Å². The lowest BCUT2D eigenvalue weighted by Gasteiger charge is -2.35. The number of nitrogens with one attached hydrogen (secondary N) is 1. The standard InChI is InChI=1S/C21H30N4O5/c1-21(2,3)30-20(28)25-9-7-24(8-10-25)19(27)22-17-6-4-5-16(15-17)18(26)23-11-13-29-14-12-23/h4-6,15H,7-14H2,1-3H3,(H,22,27). The first-order valence-corrected chi connectivity index (χ1v) is 10.2. The van der Waals surface area contributed by atoms with E-state index in [2.05, 4.69) is 5.32 Å². The lowest BCUT2D eigenvalue weighted by molar-refractivity contribution is 0.0174. The Balaban J connectivity index is 1.53. The summed E-state index contributed by atoms with van der Waals surface area (Å²) in [4.78, 5) is 42.4. The van der Waals surface area contributed by atoms with E-state index in [9.17, 15) is 14.4 Å². The van der Waals surface area contributed by atoms with Gasteiger partial charge in [-0.25, -0.2) is 9.59 Å². The minimum atomic E-state index is -0.546. The van der Waals surface area contributed by atoms with Crippen molar-refractivity contribution < 1.29 is 23.9 Å². The molecule has 0 unspecified atom stereocenters. The molecule has 3 rings (SSSR count). The van der Waals surface area contributed by atoms with E-state index >= 15 is 0 Å². The molecule has 164 valence electrons. The Labute approximate surface area is 176 Å². The Hall–Kier alpha value is -2.81. The minimum Gasteiger partial charge on any atom is -0.444 e. The molecule has 0 aliphatic carbocycles. The van der Waals surface area contributed by atoms with Crippen molar-refractivity contribution >= 4 is 23.7 Å². The zero-order chi connectivity index (χ0) is 21.7. The molecular weight excluding hydrogens is 388 g/mol. The van der Waals surface area contributed by atoms with Gasteiger partial charge in [0.2, 0.25) is 0 Å². The highest BCUT2D eigenvalue weighted by molar-refractivity contribution is 5.97. The van der Waals surface area contributed by atoms with Crippen LogP contribution < -0.4 is 5.32 Å². The Morgan fingerprint density at radius 1 is 0.933 bits per heavy atom. The van der Waals surface area contributed by atoms with Crippen LogP contribution >= 0.6 is 0 Å². The summed E-state index contributed by atoms with van der Waals surface area (Å²) in [6.45, 7) is 9.35. The molecule has 2 saturated heterocycles. The van der Waals surface area contributed by atoms with Crippen molar-refractivity contribution in [2.24, 2.45) is 0 Å². The molecule has 4 amide bonds. The predicted molar refractivity (Wildman–Crippen MR) is 112 cm³/mol. The number of piperazine rings is 1. The minimum absolute atomic E-state index is 0.0691. The number of anilines is 1. The first-order chi connectivity index (χ1) is 14.2. The molecule has 2 aliphatic heterocycles. The second kappa shape index (κ2) is 9.34. The molecule has 2 heterocycles. The lowest BCUT2D eigenvalue weighted by atomic mass is 10.1. The molecule has 9 heteroatoms. The van der Waals surface area contributed by atoms with E-state index < -0.39 is 5.60 Å². The van der Waals surface area contributed by atoms with Gasteiger partial charge in [-0.05, 0) is 39.0 Å². The van der Waals surface area contributed by atoms with Gasteiger partial charge in [0.15, 0.2) is 0 Å². The third-order valence-corrected chi connectivity index (χ3v) is 4.88. The first-order valence-electron chi connectivity index (χ1n) is 10.2. The lowest BCUT2D eigenvalue weighted by Crippen LogP contribution is -2.52. The summed E-state index contributed by atoms with van der Waals surface area (Å²) in [7, 11) is 0. The van der Waals surface area contributed by atoms with Crippen LogP contribution in [0, 0.1) is 0 Å². The van der Waals surface area contributed by atoms with E-state index in [1.807, 2.05) is 20.8 Å². The molecule has 1 N–H and O–H groups in total. The zero-order valence-electron chi connectivity index (χ0n) is 17.8. The van der Waals surface area contributed by atoms with Crippen LogP contribution in [0.2, 0.25) is 0 Å². The van der Waals surface area contributed by atoms with E-state index in [1.165, 1.54) is 0 Å². The molecule has 0 saturated carbocycles. The summed E-state index contributed by atoms with van der Waals surface area (Å²) in [6, 6.07) is 6.68. The number of hydrogen-bond acceptors (Lipinski definition) is 5. The van der Waals surface area contributed by atoms with Crippen molar-refractivity contribution in [3.05, 3.63) is 29.8 Å². The van der Waals surface area contributed by atoms with Gasteiger partial charge in [0.05, 0.1) is 13.2 Å². The summed E-state index contributed by atoms with van der Waals surface area (Å²) in [5.74, 6) is -0.0691. The zero-order valence-corrected chi connectivity index (χ0v) is 17.8. The normalized spacial score (nSPS) is 17.5. The quantitative estimate of drug-likeness (QED) is 0.795. The molecular formula is C21H30N4O5. The highest BCUT2D eigenvalue weighted by Gasteiger charge is 2.28. The third kappa shape index (κ3) is 5.85. The molecule has 9 nitrogen and oxygen atoms in total. The number of hydrogen-bond donors (Lipinski definition) is 1. The van der Waals surface area contributed by atoms with Gasteiger partial charge in [-0.2, -0.15) is 0 Å². The summed E-state index contributed by atoms with van der Waals surface area (Å²) in [6.07, 6.45) is -0.364. The predicted octanol–water partition coefficient (Wildman–Crippen LogP) is 2.24. The van der Waals surface area contributed by atoms with Crippen LogP contribution in [-0.2, 0) is 9.47 Å². The first kappa shape index (κ1) is 21.9. The topological polar surface area (TPSA) is 91.4 Å². The number of rotatable bonds is 2. The third-order valence-electron chi connectivity index (χ3n) is 4.88. The highest BCUT2D eigenvalue weighted by atomic mass is 16.6. The van der Waals surface area contributed by atoms with Crippen LogP contribution in [0.4, 0.5) is 15.3 Å².